The van der Waals surface area contributed by atoms with Gasteiger partial charge in [0.05, 0.1) is 22.4 Å². The van der Waals surface area contributed by atoms with Crippen LogP contribution in [0.1, 0.15) is 0 Å². The second kappa shape index (κ2) is 15.3. The van der Waals surface area contributed by atoms with Crippen LogP contribution >= 0.6 is 0 Å². The molecule has 296 valence electrons. The highest BCUT2D eigenvalue weighted by Gasteiger charge is 2.22. The zero-order chi connectivity index (χ0) is 41.7. The Balaban J connectivity index is 1.03. The number of benzene rings is 10. The van der Waals surface area contributed by atoms with E-state index in [1.54, 1.807) is 0 Å². The number of rotatable bonds is 8. The van der Waals surface area contributed by atoms with Crippen LogP contribution in [-0.2, 0) is 0 Å². The summed E-state index contributed by atoms with van der Waals surface area (Å²) >= 11 is 0. The lowest BCUT2D eigenvalue weighted by molar-refractivity contribution is 0.669. The Labute approximate surface area is 366 Å². The van der Waals surface area contributed by atoms with Gasteiger partial charge in [0.1, 0.15) is 11.2 Å². The van der Waals surface area contributed by atoms with Gasteiger partial charge in [0.15, 0.2) is 0 Å². The SMILES string of the molecule is c1ccc(-c2ccccc2-c2ccccc2-c2ccccc2N(c2ccc(-c3ccccc3-n3c4ccccc4c4ccccc43)cc2)c2ccc3c(c2)oc2ccccc23)cc1. The molecule has 0 amide bonds. The van der Waals surface area contributed by atoms with Crippen molar-refractivity contribution in [3.63, 3.8) is 0 Å². The minimum absolute atomic E-state index is 0.852. The van der Waals surface area contributed by atoms with Crippen LogP contribution in [0.2, 0.25) is 0 Å². The van der Waals surface area contributed by atoms with Crippen LogP contribution in [-0.4, -0.2) is 4.57 Å². The molecule has 0 atom stereocenters. The molecule has 0 aliphatic rings. The van der Waals surface area contributed by atoms with Gasteiger partial charge in [-0.3, -0.25) is 0 Å². The fourth-order valence-electron chi connectivity index (χ4n) is 9.60. The second-order valence-corrected chi connectivity index (χ2v) is 16.0. The van der Waals surface area contributed by atoms with Gasteiger partial charge in [-0.05, 0) is 88.0 Å². The summed E-state index contributed by atoms with van der Waals surface area (Å²) in [5.41, 5.74) is 17.7. The average Bonchev–Trinajstić information content (AvgIpc) is 3.90. The molecule has 0 bridgehead atoms. The Bertz CT molecular complexity index is 3580. The third-order valence-corrected chi connectivity index (χ3v) is 12.4. The maximum Gasteiger partial charge on any atom is 0.137 e. The van der Waals surface area contributed by atoms with E-state index < -0.39 is 0 Å². The van der Waals surface area contributed by atoms with Crippen molar-refractivity contribution in [3.05, 3.63) is 243 Å². The number of para-hydroxylation sites is 5. The molecule has 63 heavy (non-hydrogen) atoms. The van der Waals surface area contributed by atoms with Crippen molar-refractivity contribution in [2.75, 3.05) is 4.90 Å². The van der Waals surface area contributed by atoms with E-state index in [0.29, 0.717) is 0 Å². The van der Waals surface area contributed by atoms with Crippen molar-refractivity contribution in [3.8, 4) is 50.2 Å². The minimum Gasteiger partial charge on any atom is -0.456 e. The molecular formula is C60H40N2O. The van der Waals surface area contributed by atoms with E-state index in [1.165, 1.54) is 44.1 Å². The molecule has 3 heteroatoms. The second-order valence-electron chi connectivity index (χ2n) is 16.0. The first-order valence-electron chi connectivity index (χ1n) is 21.5. The number of nitrogens with zero attached hydrogens (tertiary/aromatic N) is 2. The van der Waals surface area contributed by atoms with E-state index in [0.717, 1.165) is 66.9 Å². The van der Waals surface area contributed by atoms with Gasteiger partial charge in [-0.15, -0.1) is 0 Å². The Morgan fingerprint density at radius 2 is 0.778 bits per heavy atom. The zero-order valence-electron chi connectivity index (χ0n) is 34.4. The maximum absolute atomic E-state index is 6.52. The third-order valence-electron chi connectivity index (χ3n) is 12.4. The van der Waals surface area contributed by atoms with Crippen molar-refractivity contribution in [1.82, 2.24) is 4.57 Å². The Morgan fingerprint density at radius 1 is 0.302 bits per heavy atom. The van der Waals surface area contributed by atoms with Crippen LogP contribution in [0.5, 0.6) is 0 Å². The number of furan rings is 1. The Morgan fingerprint density at radius 3 is 1.49 bits per heavy atom. The highest BCUT2D eigenvalue weighted by molar-refractivity contribution is 6.10. The monoisotopic (exact) mass is 804 g/mol. The van der Waals surface area contributed by atoms with Crippen LogP contribution in [0.25, 0.3) is 93.9 Å². The molecule has 0 unspecified atom stereocenters. The van der Waals surface area contributed by atoms with Gasteiger partial charge in [-0.1, -0.05) is 182 Å². The molecule has 0 spiro atoms. The summed E-state index contributed by atoms with van der Waals surface area (Å²) in [5, 5.41) is 4.71. The summed E-state index contributed by atoms with van der Waals surface area (Å²) in [6.07, 6.45) is 0. The molecule has 2 aromatic heterocycles. The van der Waals surface area contributed by atoms with Crippen LogP contribution in [0.15, 0.2) is 247 Å². The molecule has 0 saturated heterocycles. The molecule has 0 aliphatic carbocycles. The predicted molar refractivity (Wildman–Crippen MR) is 264 cm³/mol. The summed E-state index contributed by atoms with van der Waals surface area (Å²) in [7, 11) is 0. The molecule has 0 N–H and O–H groups in total. The highest BCUT2D eigenvalue weighted by atomic mass is 16.3. The fraction of sp³-hybridized carbons (Fsp3) is 0. The van der Waals surface area contributed by atoms with E-state index >= 15 is 0 Å². The number of hydrogen-bond acceptors (Lipinski definition) is 2. The van der Waals surface area contributed by atoms with E-state index in [9.17, 15) is 0 Å². The highest BCUT2D eigenvalue weighted by Crippen LogP contribution is 2.47. The Kier molecular flexibility index (Phi) is 8.83. The number of aromatic nitrogens is 1. The van der Waals surface area contributed by atoms with Gasteiger partial charge in [-0.25, -0.2) is 0 Å². The van der Waals surface area contributed by atoms with Crippen molar-refractivity contribution in [2.24, 2.45) is 0 Å². The summed E-state index contributed by atoms with van der Waals surface area (Å²) in [5.74, 6) is 0. The van der Waals surface area contributed by atoms with E-state index in [4.69, 9.17) is 4.42 Å². The predicted octanol–water partition coefficient (Wildman–Crippen LogP) is 16.8. The van der Waals surface area contributed by atoms with Gasteiger partial charge in [-0.2, -0.15) is 0 Å². The summed E-state index contributed by atoms with van der Waals surface area (Å²) in [6, 6.07) is 87.1. The van der Waals surface area contributed by atoms with E-state index in [-0.39, 0.29) is 0 Å². The van der Waals surface area contributed by atoms with Crippen molar-refractivity contribution < 1.29 is 4.42 Å². The van der Waals surface area contributed by atoms with Crippen molar-refractivity contribution in [2.45, 2.75) is 0 Å². The lowest BCUT2D eigenvalue weighted by Gasteiger charge is -2.29. The first-order chi connectivity index (χ1) is 31.3. The fourth-order valence-corrected chi connectivity index (χ4v) is 9.60. The van der Waals surface area contributed by atoms with Gasteiger partial charge in [0.25, 0.3) is 0 Å². The minimum atomic E-state index is 0.852. The topological polar surface area (TPSA) is 21.3 Å². The number of hydrogen-bond donors (Lipinski definition) is 0. The van der Waals surface area contributed by atoms with Crippen LogP contribution < -0.4 is 4.90 Å². The van der Waals surface area contributed by atoms with Crippen LogP contribution in [0, 0.1) is 0 Å². The molecular weight excluding hydrogens is 765 g/mol. The maximum atomic E-state index is 6.52. The van der Waals surface area contributed by atoms with Gasteiger partial charge in [0, 0.05) is 50.1 Å². The van der Waals surface area contributed by atoms with Crippen molar-refractivity contribution in [1.29, 1.82) is 0 Å². The summed E-state index contributed by atoms with van der Waals surface area (Å²) < 4.78 is 8.93. The lowest BCUT2D eigenvalue weighted by atomic mass is 9.88. The molecule has 2 heterocycles. The molecule has 12 rings (SSSR count). The smallest absolute Gasteiger partial charge is 0.137 e. The summed E-state index contributed by atoms with van der Waals surface area (Å²) in [4.78, 5) is 2.38. The van der Waals surface area contributed by atoms with Crippen LogP contribution in [0.3, 0.4) is 0 Å². The van der Waals surface area contributed by atoms with Crippen LogP contribution in [0.4, 0.5) is 17.1 Å². The normalized spacial score (nSPS) is 11.5. The van der Waals surface area contributed by atoms with Gasteiger partial charge < -0.3 is 13.9 Å². The third kappa shape index (κ3) is 6.21. The molecule has 10 aromatic carbocycles. The standard InChI is InChI=1S/C60H40N2O/c1-2-18-41(19-3-1)45-20-4-5-22-47(45)48-23-6-7-24-49(48)50-25-9-14-30-56(50)61(44-38-39-54-53-28-12-17-33-59(53)63-60(54)40-44)43-36-34-42(35-37-43)46-21-8-13-29-55(46)62-57-31-15-10-26-51(57)52-27-11-16-32-58(52)62/h1-40H. The Hall–Kier alpha value is -8.40. The molecule has 3 nitrogen and oxygen atoms in total. The summed E-state index contributed by atoms with van der Waals surface area (Å²) in [6.45, 7) is 0. The lowest BCUT2D eigenvalue weighted by Crippen LogP contribution is -2.11. The van der Waals surface area contributed by atoms with E-state index in [1.807, 2.05) is 12.1 Å². The zero-order valence-corrected chi connectivity index (χ0v) is 34.4. The van der Waals surface area contributed by atoms with E-state index in [2.05, 4.69) is 240 Å². The van der Waals surface area contributed by atoms with Gasteiger partial charge in [0.2, 0.25) is 0 Å². The molecule has 0 saturated carbocycles. The molecule has 12 aromatic rings. The molecule has 0 fully saturated rings. The number of anilines is 3. The average molecular weight is 805 g/mol. The number of fused-ring (bicyclic) bond motifs is 6. The van der Waals surface area contributed by atoms with Crippen molar-refractivity contribution >= 4 is 60.8 Å². The first kappa shape index (κ1) is 36.5. The molecule has 0 aliphatic heterocycles. The quantitative estimate of drug-likeness (QED) is 0.153. The molecule has 0 radical (unpaired) electrons. The van der Waals surface area contributed by atoms with Gasteiger partial charge >= 0.3 is 0 Å². The first-order valence-corrected chi connectivity index (χ1v) is 21.5. The largest absolute Gasteiger partial charge is 0.456 e.